The molecule has 0 saturated heterocycles. The Labute approximate surface area is 90.7 Å². The molecule has 5 heteroatoms. The number of nitrogens with one attached hydrogen (secondary N) is 1. The third-order valence-corrected chi connectivity index (χ3v) is 2.42. The quantitative estimate of drug-likeness (QED) is 0.813. The number of likely N-dealkylation sites (N-methyl/N-ethyl adjacent to an activating group) is 1. The molecule has 0 spiro atoms. The van der Waals surface area contributed by atoms with Gasteiger partial charge in [0.15, 0.2) is 0 Å². The summed E-state index contributed by atoms with van der Waals surface area (Å²) < 4.78 is 1.99. The van der Waals surface area contributed by atoms with Crippen molar-refractivity contribution >= 4 is 15.9 Å². The minimum absolute atomic E-state index is 0.123. The Morgan fingerprint density at radius 2 is 2.43 bits per heavy atom. The SMILES string of the molecule is CNCC(O)Cn1cccc(Br)c1=O. The first-order valence-electron chi connectivity index (χ1n) is 4.32. The topological polar surface area (TPSA) is 54.3 Å². The lowest BCUT2D eigenvalue weighted by Crippen LogP contribution is -2.32. The Kier molecular flexibility index (Phi) is 4.31. The number of aliphatic hydroxyl groups is 1. The van der Waals surface area contributed by atoms with E-state index < -0.39 is 6.10 Å². The fraction of sp³-hybridized carbons (Fsp3) is 0.444. The van der Waals surface area contributed by atoms with Gasteiger partial charge in [-0.1, -0.05) is 0 Å². The molecule has 0 saturated carbocycles. The molecule has 0 fully saturated rings. The second-order valence-electron chi connectivity index (χ2n) is 3.03. The smallest absolute Gasteiger partial charge is 0.264 e. The highest BCUT2D eigenvalue weighted by Crippen LogP contribution is 2.01. The van der Waals surface area contributed by atoms with Gasteiger partial charge in [-0.2, -0.15) is 0 Å². The van der Waals surface area contributed by atoms with Crippen molar-refractivity contribution in [3.63, 3.8) is 0 Å². The Hall–Kier alpha value is -0.650. The zero-order chi connectivity index (χ0) is 10.6. The number of pyridine rings is 1. The molecule has 0 amide bonds. The lowest BCUT2D eigenvalue weighted by Gasteiger charge is -2.11. The molecular weight excluding hydrogens is 248 g/mol. The zero-order valence-corrected chi connectivity index (χ0v) is 9.49. The van der Waals surface area contributed by atoms with Crippen LogP contribution in [-0.2, 0) is 6.54 Å². The van der Waals surface area contributed by atoms with E-state index >= 15 is 0 Å². The van der Waals surface area contributed by atoms with Gasteiger partial charge in [0.05, 0.1) is 17.1 Å². The Bertz CT molecular complexity index is 351. The van der Waals surface area contributed by atoms with Crippen LogP contribution in [0.1, 0.15) is 0 Å². The minimum atomic E-state index is -0.549. The summed E-state index contributed by atoms with van der Waals surface area (Å²) in [5.41, 5.74) is -0.123. The van der Waals surface area contributed by atoms with Crippen molar-refractivity contribution in [2.45, 2.75) is 12.6 Å². The van der Waals surface area contributed by atoms with Gasteiger partial charge in [0.2, 0.25) is 0 Å². The molecule has 78 valence electrons. The highest BCUT2D eigenvalue weighted by Gasteiger charge is 2.05. The Balaban J connectivity index is 2.77. The Morgan fingerprint density at radius 3 is 3.07 bits per heavy atom. The predicted molar refractivity (Wildman–Crippen MR) is 58.3 cm³/mol. The van der Waals surface area contributed by atoms with Crippen LogP contribution in [0.5, 0.6) is 0 Å². The molecule has 1 rings (SSSR count). The first-order valence-corrected chi connectivity index (χ1v) is 5.12. The van der Waals surface area contributed by atoms with E-state index in [4.69, 9.17) is 0 Å². The first-order chi connectivity index (χ1) is 6.65. The second-order valence-corrected chi connectivity index (χ2v) is 3.88. The zero-order valence-electron chi connectivity index (χ0n) is 7.90. The van der Waals surface area contributed by atoms with Crippen molar-refractivity contribution < 1.29 is 5.11 Å². The highest BCUT2D eigenvalue weighted by molar-refractivity contribution is 9.10. The van der Waals surface area contributed by atoms with Crippen LogP contribution in [-0.4, -0.2) is 29.4 Å². The van der Waals surface area contributed by atoms with E-state index in [1.165, 1.54) is 4.57 Å². The van der Waals surface area contributed by atoms with E-state index in [-0.39, 0.29) is 5.56 Å². The van der Waals surface area contributed by atoms with Crippen molar-refractivity contribution in [1.29, 1.82) is 0 Å². The van der Waals surface area contributed by atoms with Crippen molar-refractivity contribution in [2.75, 3.05) is 13.6 Å². The van der Waals surface area contributed by atoms with Gasteiger partial charge in [-0.05, 0) is 35.1 Å². The molecule has 0 aliphatic heterocycles. The molecule has 1 heterocycles. The maximum absolute atomic E-state index is 11.5. The monoisotopic (exact) mass is 260 g/mol. The summed E-state index contributed by atoms with van der Waals surface area (Å²) in [5.74, 6) is 0. The van der Waals surface area contributed by atoms with E-state index in [0.717, 1.165) is 0 Å². The van der Waals surface area contributed by atoms with Gasteiger partial charge in [-0.3, -0.25) is 4.79 Å². The molecular formula is C9H13BrN2O2. The minimum Gasteiger partial charge on any atom is -0.390 e. The number of aliphatic hydroxyl groups excluding tert-OH is 1. The van der Waals surface area contributed by atoms with Crippen molar-refractivity contribution in [2.24, 2.45) is 0 Å². The summed E-state index contributed by atoms with van der Waals surface area (Å²) in [6.07, 6.45) is 1.11. The average Bonchev–Trinajstić information content (AvgIpc) is 2.13. The van der Waals surface area contributed by atoms with Crippen LogP contribution in [0.25, 0.3) is 0 Å². The van der Waals surface area contributed by atoms with Crippen LogP contribution >= 0.6 is 15.9 Å². The number of rotatable bonds is 4. The summed E-state index contributed by atoms with van der Waals surface area (Å²) >= 11 is 3.14. The van der Waals surface area contributed by atoms with Crippen LogP contribution in [0.4, 0.5) is 0 Å². The summed E-state index contributed by atoms with van der Waals surface area (Å²) in [4.78, 5) is 11.5. The van der Waals surface area contributed by atoms with Gasteiger partial charge >= 0.3 is 0 Å². The van der Waals surface area contributed by atoms with Gasteiger partial charge in [-0.25, -0.2) is 0 Å². The third kappa shape index (κ3) is 2.94. The van der Waals surface area contributed by atoms with Gasteiger partial charge in [-0.15, -0.1) is 0 Å². The molecule has 14 heavy (non-hydrogen) atoms. The van der Waals surface area contributed by atoms with E-state index in [0.29, 0.717) is 17.6 Å². The van der Waals surface area contributed by atoms with E-state index in [9.17, 15) is 9.90 Å². The lowest BCUT2D eigenvalue weighted by atomic mass is 10.3. The summed E-state index contributed by atoms with van der Waals surface area (Å²) in [6.45, 7) is 0.776. The molecule has 0 aliphatic rings. The number of hydrogen-bond acceptors (Lipinski definition) is 3. The highest BCUT2D eigenvalue weighted by atomic mass is 79.9. The molecule has 0 aromatic carbocycles. The summed E-state index contributed by atoms with van der Waals surface area (Å²) in [5, 5.41) is 12.3. The molecule has 1 aromatic heterocycles. The van der Waals surface area contributed by atoms with Crippen LogP contribution < -0.4 is 10.9 Å². The molecule has 0 radical (unpaired) electrons. The van der Waals surface area contributed by atoms with Crippen molar-refractivity contribution in [3.8, 4) is 0 Å². The van der Waals surface area contributed by atoms with Gasteiger partial charge < -0.3 is 15.0 Å². The van der Waals surface area contributed by atoms with E-state index in [1.54, 1.807) is 25.4 Å². The molecule has 2 N–H and O–H groups in total. The van der Waals surface area contributed by atoms with Crippen LogP contribution in [0.3, 0.4) is 0 Å². The molecule has 4 nitrogen and oxygen atoms in total. The predicted octanol–water partition coefficient (Wildman–Crippen LogP) is 0.191. The maximum atomic E-state index is 11.5. The standard InChI is InChI=1S/C9H13BrN2O2/c1-11-5-7(13)6-12-4-2-3-8(10)9(12)14/h2-4,7,11,13H,5-6H2,1H3. The fourth-order valence-corrected chi connectivity index (χ4v) is 1.56. The van der Waals surface area contributed by atoms with Crippen molar-refractivity contribution in [3.05, 3.63) is 33.2 Å². The Morgan fingerprint density at radius 1 is 1.71 bits per heavy atom. The van der Waals surface area contributed by atoms with E-state index in [1.807, 2.05) is 0 Å². The lowest BCUT2D eigenvalue weighted by molar-refractivity contribution is 0.152. The maximum Gasteiger partial charge on any atom is 0.264 e. The summed E-state index contributed by atoms with van der Waals surface area (Å²) in [7, 11) is 1.76. The largest absolute Gasteiger partial charge is 0.390 e. The van der Waals surface area contributed by atoms with E-state index in [2.05, 4.69) is 21.2 Å². The summed E-state index contributed by atoms with van der Waals surface area (Å²) in [6, 6.07) is 3.45. The number of aromatic nitrogens is 1. The molecule has 1 aromatic rings. The second kappa shape index (κ2) is 5.29. The molecule has 0 bridgehead atoms. The average molecular weight is 261 g/mol. The normalized spacial score (nSPS) is 12.8. The van der Waals surface area contributed by atoms with Crippen LogP contribution in [0.15, 0.2) is 27.6 Å². The fourth-order valence-electron chi connectivity index (χ4n) is 1.18. The third-order valence-electron chi connectivity index (χ3n) is 1.82. The van der Waals surface area contributed by atoms with Gasteiger partial charge in [0.1, 0.15) is 0 Å². The number of nitrogens with zero attached hydrogens (tertiary/aromatic N) is 1. The van der Waals surface area contributed by atoms with Crippen molar-refractivity contribution in [1.82, 2.24) is 9.88 Å². The van der Waals surface area contributed by atoms with Crippen LogP contribution in [0.2, 0.25) is 0 Å². The van der Waals surface area contributed by atoms with Gasteiger partial charge in [0.25, 0.3) is 5.56 Å². The molecule has 0 aliphatic carbocycles. The first kappa shape index (κ1) is 11.4. The number of hydrogen-bond donors (Lipinski definition) is 2. The number of halogens is 1. The molecule has 1 unspecified atom stereocenters. The van der Waals surface area contributed by atoms with Crippen LogP contribution in [0, 0.1) is 0 Å². The van der Waals surface area contributed by atoms with Gasteiger partial charge in [0, 0.05) is 12.7 Å². The molecule has 1 atom stereocenters.